The molecule has 0 bridgehead atoms. The third-order valence-corrected chi connectivity index (χ3v) is 7.75. The van der Waals surface area contributed by atoms with Crippen LogP contribution in [0.2, 0.25) is 0 Å². The van der Waals surface area contributed by atoms with Crippen LogP contribution in [0.25, 0.3) is 0 Å². The number of nitrogens with zero attached hydrogens (tertiary/aromatic N) is 5. The number of tetrazole rings is 1. The Balaban J connectivity index is 1.61. The van der Waals surface area contributed by atoms with E-state index >= 15 is 0 Å². The number of amides is 1. The fourth-order valence-electron chi connectivity index (χ4n) is 5.49. The average molecular weight is 536 g/mol. The molecule has 1 saturated carbocycles. The quantitative estimate of drug-likeness (QED) is 0.321. The number of hydrogen-bond acceptors (Lipinski definition) is 9. The second-order valence-corrected chi connectivity index (χ2v) is 11.8. The van der Waals surface area contributed by atoms with Crippen LogP contribution >= 0.6 is 0 Å². The summed E-state index contributed by atoms with van der Waals surface area (Å²) in [4.78, 5) is 40.2. The molecule has 0 N–H and O–H groups in total. The van der Waals surface area contributed by atoms with Crippen LogP contribution < -0.4 is 0 Å². The Morgan fingerprint density at radius 3 is 2.45 bits per heavy atom. The zero-order chi connectivity index (χ0) is 27.9. The minimum absolute atomic E-state index is 0.0432. The Morgan fingerprint density at radius 2 is 1.79 bits per heavy atom. The summed E-state index contributed by atoms with van der Waals surface area (Å²) in [5.41, 5.74) is -0.635. The summed E-state index contributed by atoms with van der Waals surface area (Å²) < 4.78 is 16.3. The molecule has 2 aliphatic rings. The lowest BCUT2D eigenvalue weighted by molar-refractivity contribution is -0.155. The van der Waals surface area contributed by atoms with E-state index in [4.69, 9.17) is 14.2 Å². The van der Waals surface area contributed by atoms with E-state index in [1.54, 1.807) is 4.90 Å². The maximum Gasteiger partial charge on any atom is 0.411 e. The first-order valence-corrected chi connectivity index (χ1v) is 14.0. The molecule has 1 aliphatic heterocycles. The molecular weight excluding hydrogens is 490 g/mol. The Labute approximate surface area is 225 Å². The first-order chi connectivity index (χ1) is 18.0. The molecule has 4 atom stereocenters. The van der Waals surface area contributed by atoms with Gasteiger partial charge in [-0.25, -0.2) is 9.59 Å². The van der Waals surface area contributed by atoms with Gasteiger partial charge in [0.25, 0.3) is 0 Å². The second kappa shape index (κ2) is 13.4. The van der Waals surface area contributed by atoms with Crippen LogP contribution in [-0.4, -0.2) is 67.9 Å². The number of carbonyl (C=O) groups excluding carboxylic acids is 3. The zero-order valence-corrected chi connectivity index (χ0v) is 23.9. The summed E-state index contributed by atoms with van der Waals surface area (Å²) in [5, 5.41) is 12.3. The van der Waals surface area contributed by atoms with Crippen LogP contribution in [0.15, 0.2) is 0 Å². The minimum Gasteiger partial charge on any atom is -0.464 e. The van der Waals surface area contributed by atoms with E-state index < -0.39 is 23.7 Å². The lowest BCUT2D eigenvalue weighted by Crippen LogP contribution is -2.56. The van der Waals surface area contributed by atoms with Gasteiger partial charge in [0, 0.05) is 19.9 Å². The van der Waals surface area contributed by atoms with Crippen LogP contribution in [0.4, 0.5) is 4.79 Å². The van der Waals surface area contributed by atoms with E-state index in [1.807, 2.05) is 20.8 Å². The molecule has 0 spiro atoms. The van der Waals surface area contributed by atoms with Gasteiger partial charge in [0.05, 0.1) is 6.61 Å². The van der Waals surface area contributed by atoms with Crippen molar-refractivity contribution in [1.29, 1.82) is 0 Å². The van der Waals surface area contributed by atoms with E-state index in [-0.39, 0.29) is 12.7 Å². The topological polar surface area (TPSA) is 126 Å². The highest BCUT2D eigenvalue weighted by Gasteiger charge is 2.45. The Morgan fingerprint density at radius 1 is 1.05 bits per heavy atom. The first kappa shape index (κ1) is 29.8. The molecule has 0 radical (unpaired) electrons. The number of carbonyl (C=O) groups is 3. The summed E-state index contributed by atoms with van der Waals surface area (Å²) in [6.07, 6.45) is 6.70. The van der Waals surface area contributed by atoms with Gasteiger partial charge < -0.3 is 14.2 Å². The van der Waals surface area contributed by atoms with Gasteiger partial charge in [-0.05, 0) is 75.3 Å². The largest absolute Gasteiger partial charge is 0.464 e. The van der Waals surface area contributed by atoms with E-state index in [0.717, 1.165) is 38.5 Å². The molecule has 214 valence electrons. The predicted octanol–water partition coefficient (Wildman–Crippen LogP) is 4.15. The van der Waals surface area contributed by atoms with Gasteiger partial charge in [-0.2, -0.15) is 0 Å². The van der Waals surface area contributed by atoms with Crippen LogP contribution in [-0.2, 0) is 37.0 Å². The summed E-state index contributed by atoms with van der Waals surface area (Å²) in [5.74, 6) is 1.39. The number of ether oxygens (including phenoxy) is 3. The molecule has 1 saturated heterocycles. The van der Waals surface area contributed by atoms with Crippen molar-refractivity contribution in [2.24, 2.45) is 23.7 Å². The number of esters is 2. The fourth-order valence-corrected chi connectivity index (χ4v) is 5.49. The molecule has 2 fully saturated rings. The van der Waals surface area contributed by atoms with Crippen molar-refractivity contribution in [1.82, 2.24) is 25.1 Å². The monoisotopic (exact) mass is 535 g/mol. The summed E-state index contributed by atoms with van der Waals surface area (Å²) >= 11 is 0. The van der Waals surface area contributed by atoms with Crippen molar-refractivity contribution in [2.75, 3.05) is 13.2 Å². The Kier molecular flexibility index (Phi) is 10.5. The summed E-state index contributed by atoms with van der Waals surface area (Å²) in [6, 6.07) is -0.623. The van der Waals surface area contributed by atoms with Gasteiger partial charge >= 0.3 is 18.0 Å². The van der Waals surface area contributed by atoms with E-state index in [9.17, 15) is 14.4 Å². The number of piperidine rings is 1. The van der Waals surface area contributed by atoms with E-state index in [1.165, 1.54) is 11.7 Å². The van der Waals surface area contributed by atoms with Crippen LogP contribution in [0.3, 0.4) is 0 Å². The fraction of sp³-hybridized carbons (Fsp3) is 0.852. The first-order valence-electron chi connectivity index (χ1n) is 14.0. The molecule has 38 heavy (non-hydrogen) atoms. The molecule has 0 unspecified atom stereocenters. The van der Waals surface area contributed by atoms with E-state index in [0.29, 0.717) is 55.5 Å². The average Bonchev–Trinajstić information content (AvgIpc) is 3.32. The maximum absolute atomic E-state index is 13.3. The third-order valence-electron chi connectivity index (χ3n) is 7.75. The van der Waals surface area contributed by atoms with Crippen LogP contribution in [0.5, 0.6) is 0 Å². The predicted molar refractivity (Wildman–Crippen MR) is 139 cm³/mol. The molecule has 1 amide bonds. The van der Waals surface area contributed by atoms with Crippen molar-refractivity contribution < 1.29 is 28.6 Å². The SMILES string of the molecule is CCC(CC)COC(=O)[C@@H]1C[C@H]2C[C@@H](CCc3nnn(COC(C)=O)n3)CC[C@H]2CN1C(=O)OC(C)(C)C. The van der Waals surface area contributed by atoms with Crippen LogP contribution in [0, 0.1) is 23.7 Å². The van der Waals surface area contributed by atoms with Crippen molar-refractivity contribution in [3.05, 3.63) is 5.82 Å². The lowest BCUT2D eigenvalue weighted by Gasteiger charge is -2.46. The van der Waals surface area contributed by atoms with Gasteiger partial charge in [-0.3, -0.25) is 9.69 Å². The van der Waals surface area contributed by atoms with Crippen molar-refractivity contribution in [3.63, 3.8) is 0 Å². The molecular formula is C27H45N5O6. The van der Waals surface area contributed by atoms with Crippen molar-refractivity contribution in [2.45, 2.75) is 111 Å². The normalized spacial score (nSPS) is 23.6. The smallest absolute Gasteiger partial charge is 0.411 e. The van der Waals surface area contributed by atoms with Crippen LogP contribution in [0.1, 0.15) is 92.3 Å². The van der Waals surface area contributed by atoms with Crippen molar-refractivity contribution >= 4 is 18.0 Å². The molecule has 2 heterocycles. The second-order valence-electron chi connectivity index (χ2n) is 11.8. The van der Waals surface area contributed by atoms with Crippen molar-refractivity contribution in [3.8, 4) is 0 Å². The minimum atomic E-state index is -0.635. The highest BCUT2D eigenvalue weighted by Crippen LogP contribution is 2.43. The molecule has 3 rings (SSSR count). The summed E-state index contributed by atoms with van der Waals surface area (Å²) in [6.45, 7) is 11.9. The van der Waals surface area contributed by atoms with Gasteiger partial charge in [0.15, 0.2) is 5.82 Å². The third kappa shape index (κ3) is 8.66. The molecule has 11 nitrogen and oxygen atoms in total. The van der Waals surface area contributed by atoms with Gasteiger partial charge in [-0.1, -0.05) is 33.1 Å². The molecule has 1 aromatic heterocycles. The number of rotatable bonds is 10. The molecule has 1 aliphatic carbocycles. The van der Waals surface area contributed by atoms with Gasteiger partial charge in [0.1, 0.15) is 11.6 Å². The Hall–Kier alpha value is -2.72. The highest BCUT2D eigenvalue weighted by molar-refractivity contribution is 5.82. The molecule has 11 heteroatoms. The molecule has 0 aromatic carbocycles. The number of aromatic nitrogens is 4. The summed E-state index contributed by atoms with van der Waals surface area (Å²) in [7, 11) is 0. The number of hydrogen-bond donors (Lipinski definition) is 0. The zero-order valence-electron chi connectivity index (χ0n) is 23.9. The van der Waals surface area contributed by atoms with Gasteiger partial charge in [0.2, 0.25) is 6.73 Å². The Bertz CT molecular complexity index is 941. The highest BCUT2D eigenvalue weighted by atomic mass is 16.6. The number of fused-ring (bicyclic) bond motifs is 1. The maximum atomic E-state index is 13.3. The van der Waals surface area contributed by atoms with E-state index in [2.05, 4.69) is 29.3 Å². The van der Waals surface area contributed by atoms with Gasteiger partial charge in [-0.15, -0.1) is 15.0 Å². The number of aryl methyl sites for hydroxylation is 1. The standard InChI is InChI=1S/C27H45N5O6/c1-7-19(8-2)16-36-25(34)23-14-22-13-20(10-12-24-28-30-32(29-24)17-37-18(3)33)9-11-21(22)15-31(23)26(35)38-27(4,5)6/h19-23H,7-17H2,1-6H3/t20-,21+,22-,23+/m1/s1. The number of likely N-dealkylation sites (tertiary alicyclic amines) is 1. The lowest BCUT2D eigenvalue weighted by atomic mass is 9.68. The molecule has 1 aromatic rings.